The lowest BCUT2D eigenvalue weighted by Crippen LogP contribution is -2.20. The van der Waals surface area contributed by atoms with Crippen molar-refractivity contribution >= 4 is 23.0 Å². The van der Waals surface area contributed by atoms with Gasteiger partial charge in [-0.3, -0.25) is 4.79 Å². The fourth-order valence-corrected chi connectivity index (χ4v) is 2.28. The molecule has 3 aromatic rings. The Bertz CT molecular complexity index is 932. The average molecular weight is 372 g/mol. The fourth-order valence-electron chi connectivity index (χ4n) is 2.28. The molecule has 0 saturated heterocycles. The van der Waals surface area contributed by atoms with Crippen LogP contribution in [0, 0.1) is 17.5 Å². The summed E-state index contributed by atoms with van der Waals surface area (Å²) in [6, 6.07) is 17.2. The van der Waals surface area contributed by atoms with Crippen LogP contribution in [0.1, 0.15) is 0 Å². The summed E-state index contributed by atoms with van der Waals surface area (Å²) in [5.41, 5.74) is 0.758. The highest BCUT2D eigenvalue weighted by atomic mass is 19.2. The van der Waals surface area contributed by atoms with Crippen molar-refractivity contribution in [3.8, 4) is 5.75 Å². The predicted octanol–water partition coefficient (Wildman–Crippen LogP) is 4.87. The summed E-state index contributed by atoms with van der Waals surface area (Å²) in [4.78, 5) is 11.9. The number of rotatable bonds is 6. The van der Waals surface area contributed by atoms with Crippen LogP contribution in [0.3, 0.4) is 0 Å². The summed E-state index contributed by atoms with van der Waals surface area (Å²) in [5, 5.41) is 5.30. The number of anilines is 3. The van der Waals surface area contributed by atoms with E-state index in [9.17, 15) is 18.0 Å². The van der Waals surface area contributed by atoms with E-state index in [4.69, 9.17) is 4.74 Å². The summed E-state index contributed by atoms with van der Waals surface area (Å²) in [7, 11) is 0. The van der Waals surface area contributed by atoms with Gasteiger partial charge in [-0.05, 0) is 48.5 Å². The Morgan fingerprint density at radius 2 is 1.48 bits per heavy atom. The van der Waals surface area contributed by atoms with Gasteiger partial charge in [0.1, 0.15) is 5.75 Å². The van der Waals surface area contributed by atoms with E-state index in [1.54, 1.807) is 48.5 Å². The summed E-state index contributed by atoms with van der Waals surface area (Å²) in [6.07, 6.45) is 0. The maximum atomic E-state index is 13.7. The normalized spacial score (nSPS) is 10.3. The third-order valence-electron chi connectivity index (χ3n) is 3.60. The Morgan fingerprint density at radius 3 is 2.19 bits per heavy atom. The first-order valence-corrected chi connectivity index (χ1v) is 8.01. The van der Waals surface area contributed by atoms with Crippen LogP contribution in [0.5, 0.6) is 5.75 Å². The molecule has 0 saturated carbocycles. The zero-order valence-electron chi connectivity index (χ0n) is 14.0. The third-order valence-corrected chi connectivity index (χ3v) is 3.60. The van der Waals surface area contributed by atoms with Crippen LogP contribution in [-0.4, -0.2) is 12.5 Å². The van der Waals surface area contributed by atoms with Gasteiger partial charge in [0.25, 0.3) is 5.91 Å². The van der Waals surface area contributed by atoms with Gasteiger partial charge in [0, 0.05) is 11.4 Å². The highest BCUT2D eigenvalue weighted by Gasteiger charge is 2.13. The van der Waals surface area contributed by atoms with Crippen LogP contribution in [0.4, 0.5) is 30.2 Å². The van der Waals surface area contributed by atoms with E-state index in [1.807, 2.05) is 6.07 Å². The molecular weight excluding hydrogens is 357 g/mol. The molecule has 1 amide bonds. The van der Waals surface area contributed by atoms with Gasteiger partial charge in [0.2, 0.25) is 0 Å². The minimum Gasteiger partial charge on any atom is -0.484 e. The van der Waals surface area contributed by atoms with E-state index in [-0.39, 0.29) is 18.2 Å². The lowest BCUT2D eigenvalue weighted by atomic mass is 10.2. The number of hydrogen-bond donors (Lipinski definition) is 2. The molecule has 0 fully saturated rings. The number of nitrogens with one attached hydrogen (secondary N) is 2. The SMILES string of the molecule is O=C(COc1ccccc1)Nc1ccc(Nc2ccc(F)c(F)c2F)cc1. The smallest absolute Gasteiger partial charge is 0.262 e. The van der Waals surface area contributed by atoms with Crippen molar-refractivity contribution in [1.82, 2.24) is 0 Å². The molecule has 3 rings (SSSR count). The summed E-state index contributed by atoms with van der Waals surface area (Å²) < 4.78 is 45.2. The zero-order valence-corrected chi connectivity index (χ0v) is 14.0. The van der Waals surface area contributed by atoms with Crippen molar-refractivity contribution in [2.45, 2.75) is 0 Å². The minimum atomic E-state index is -1.54. The molecule has 0 aromatic heterocycles. The molecule has 7 heteroatoms. The number of ether oxygens (including phenoxy) is 1. The predicted molar refractivity (Wildman–Crippen MR) is 96.6 cm³/mol. The van der Waals surface area contributed by atoms with E-state index < -0.39 is 17.5 Å². The number of carbonyl (C=O) groups excluding carboxylic acids is 1. The Kier molecular flexibility index (Phi) is 5.61. The first-order chi connectivity index (χ1) is 13.0. The fraction of sp³-hybridized carbons (Fsp3) is 0.0500. The number of para-hydroxylation sites is 1. The van der Waals surface area contributed by atoms with E-state index in [0.717, 1.165) is 12.1 Å². The van der Waals surface area contributed by atoms with E-state index in [0.29, 0.717) is 17.1 Å². The first-order valence-electron chi connectivity index (χ1n) is 8.01. The summed E-state index contributed by atoms with van der Waals surface area (Å²) >= 11 is 0. The zero-order chi connectivity index (χ0) is 19.2. The van der Waals surface area contributed by atoms with Gasteiger partial charge in [-0.2, -0.15) is 0 Å². The molecule has 2 N–H and O–H groups in total. The summed E-state index contributed by atoms with van der Waals surface area (Å²) in [5.74, 6) is -3.85. The van der Waals surface area contributed by atoms with Crippen molar-refractivity contribution in [3.63, 3.8) is 0 Å². The van der Waals surface area contributed by atoms with E-state index >= 15 is 0 Å². The maximum Gasteiger partial charge on any atom is 0.262 e. The lowest BCUT2D eigenvalue weighted by molar-refractivity contribution is -0.118. The van der Waals surface area contributed by atoms with Crippen molar-refractivity contribution in [3.05, 3.63) is 84.2 Å². The highest BCUT2D eigenvalue weighted by molar-refractivity contribution is 5.92. The molecule has 0 unspecified atom stereocenters. The van der Waals surface area contributed by atoms with Gasteiger partial charge in [-0.1, -0.05) is 18.2 Å². The van der Waals surface area contributed by atoms with Crippen molar-refractivity contribution in [1.29, 1.82) is 0 Å². The van der Waals surface area contributed by atoms with E-state index in [1.165, 1.54) is 0 Å². The van der Waals surface area contributed by atoms with Gasteiger partial charge < -0.3 is 15.4 Å². The highest BCUT2D eigenvalue weighted by Crippen LogP contribution is 2.24. The molecular formula is C20H15F3N2O2. The van der Waals surface area contributed by atoms with Crippen molar-refractivity contribution < 1.29 is 22.7 Å². The minimum absolute atomic E-state index is 0.149. The molecule has 0 atom stereocenters. The largest absolute Gasteiger partial charge is 0.484 e. The number of carbonyl (C=O) groups is 1. The van der Waals surface area contributed by atoms with Gasteiger partial charge in [-0.25, -0.2) is 13.2 Å². The third kappa shape index (κ3) is 4.78. The molecule has 0 spiro atoms. The number of amides is 1. The van der Waals surface area contributed by atoms with Crippen LogP contribution in [-0.2, 0) is 4.79 Å². The molecule has 27 heavy (non-hydrogen) atoms. The van der Waals surface area contributed by atoms with Crippen LogP contribution in [0.25, 0.3) is 0 Å². The van der Waals surface area contributed by atoms with Gasteiger partial charge in [0.05, 0.1) is 5.69 Å². The molecule has 0 aliphatic carbocycles. The standard InChI is InChI=1S/C20H15F3N2O2/c21-16-10-11-17(20(23)19(16)22)24-13-6-8-14(9-7-13)25-18(26)12-27-15-4-2-1-3-5-15/h1-11,24H,12H2,(H,25,26). The second kappa shape index (κ2) is 8.27. The van der Waals surface area contributed by atoms with Gasteiger partial charge in [0.15, 0.2) is 24.1 Å². The van der Waals surface area contributed by atoms with Crippen molar-refractivity contribution in [2.75, 3.05) is 17.2 Å². The Balaban J connectivity index is 1.57. The Labute approximate surface area is 153 Å². The molecule has 0 aliphatic rings. The van der Waals surface area contributed by atoms with Gasteiger partial charge in [-0.15, -0.1) is 0 Å². The Morgan fingerprint density at radius 1 is 0.815 bits per heavy atom. The average Bonchev–Trinajstić information content (AvgIpc) is 2.69. The van der Waals surface area contributed by atoms with Gasteiger partial charge >= 0.3 is 0 Å². The quantitative estimate of drug-likeness (QED) is 0.607. The molecule has 0 bridgehead atoms. The summed E-state index contributed by atoms with van der Waals surface area (Å²) in [6.45, 7) is -0.149. The first kappa shape index (κ1) is 18.3. The molecule has 4 nitrogen and oxygen atoms in total. The van der Waals surface area contributed by atoms with Crippen LogP contribution < -0.4 is 15.4 Å². The Hall–Kier alpha value is -3.48. The number of hydrogen-bond acceptors (Lipinski definition) is 3. The number of halogens is 3. The molecule has 0 aliphatic heterocycles. The van der Waals surface area contributed by atoms with Crippen LogP contribution in [0.2, 0.25) is 0 Å². The second-order valence-electron chi connectivity index (χ2n) is 5.58. The topological polar surface area (TPSA) is 50.4 Å². The molecule has 0 heterocycles. The number of benzene rings is 3. The van der Waals surface area contributed by atoms with Crippen LogP contribution >= 0.6 is 0 Å². The van der Waals surface area contributed by atoms with E-state index in [2.05, 4.69) is 10.6 Å². The van der Waals surface area contributed by atoms with Crippen molar-refractivity contribution in [2.24, 2.45) is 0 Å². The lowest BCUT2D eigenvalue weighted by Gasteiger charge is -2.10. The molecule has 138 valence electrons. The second-order valence-corrected chi connectivity index (χ2v) is 5.58. The monoisotopic (exact) mass is 372 g/mol. The molecule has 3 aromatic carbocycles. The maximum absolute atomic E-state index is 13.7. The van der Waals surface area contributed by atoms with Crippen LogP contribution in [0.15, 0.2) is 66.7 Å². The molecule has 0 radical (unpaired) electrons.